The molecule has 0 radical (unpaired) electrons. The maximum atomic E-state index is 13.0. The van der Waals surface area contributed by atoms with Gasteiger partial charge in [-0.25, -0.2) is 13.1 Å². The second-order valence-electron chi connectivity index (χ2n) is 7.97. The summed E-state index contributed by atoms with van der Waals surface area (Å²) in [6.45, 7) is 5.70. The van der Waals surface area contributed by atoms with Gasteiger partial charge in [0.15, 0.2) is 0 Å². The number of rotatable bonds is 15. The monoisotopic (exact) mass is 501 g/mol. The third-order valence-corrected chi connectivity index (χ3v) is 7.45. The Morgan fingerprint density at radius 1 is 1.18 bits per heavy atom. The van der Waals surface area contributed by atoms with Crippen LogP contribution in [0.1, 0.15) is 52.6 Å². The molecular weight excluding hydrogens is 462 g/mol. The molecule has 0 fully saturated rings. The molecule has 0 aliphatic heterocycles. The lowest BCUT2D eigenvalue weighted by atomic mass is 9.99. The number of nitrogens with two attached hydrogens (primary N) is 1. The summed E-state index contributed by atoms with van der Waals surface area (Å²) in [5.41, 5.74) is 6.88. The van der Waals surface area contributed by atoms with Gasteiger partial charge in [0, 0.05) is 13.5 Å². The summed E-state index contributed by atoms with van der Waals surface area (Å²) >= 11 is 1.55. The summed E-state index contributed by atoms with van der Waals surface area (Å²) in [5.74, 6) is -0.521. The molecule has 9 nitrogen and oxygen atoms in total. The minimum atomic E-state index is -3.60. The van der Waals surface area contributed by atoms with Crippen molar-refractivity contribution in [1.82, 2.24) is 15.4 Å². The number of carbonyl (C=O) groups is 2. The first-order chi connectivity index (χ1) is 15.5. The van der Waals surface area contributed by atoms with Crippen LogP contribution in [-0.2, 0) is 26.2 Å². The summed E-state index contributed by atoms with van der Waals surface area (Å²) in [6, 6.07) is 5.22. The third kappa shape index (κ3) is 10.1. The van der Waals surface area contributed by atoms with Gasteiger partial charge in [-0.3, -0.25) is 15.0 Å². The van der Waals surface area contributed by atoms with E-state index in [4.69, 9.17) is 11.1 Å². The van der Waals surface area contributed by atoms with Crippen molar-refractivity contribution in [1.29, 1.82) is 5.41 Å². The summed E-state index contributed by atoms with van der Waals surface area (Å²) in [5, 5.41) is 13.0. The maximum Gasteiger partial charge on any atom is 0.242 e. The molecule has 3 atom stereocenters. The zero-order valence-electron chi connectivity index (χ0n) is 19.8. The fourth-order valence-electron chi connectivity index (χ4n) is 3.07. The number of sulfonamides is 1. The summed E-state index contributed by atoms with van der Waals surface area (Å²) in [4.78, 5) is 25.9. The van der Waals surface area contributed by atoms with Gasteiger partial charge in [-0.05, 0) is 36.3 Å². The first-order valence-electron chi connectivity index (χ1n) is 11.0. The minimum absolute atomic E-state index is 0. The van der Waals surface area contributed by atoms with Crippen LogP contribution >= 0.6 is 11.8 Å². The molecule has 2 amide bonds. The molecule has 6 N–H and O–H groups in total. The predicted molar refractivity (Wildman–Crippen MR) is 137 cm³/mol. The number of benzene rings is 1. The molecule has 0 heterocycles. The van der Waals surface area contributed by atoms with Gasteiger partial charge in [-0.15, -0.1) is 0 Å². The zero-order valence-corrected chi connectivity index (χ0v) is 21.4. The number of amides is 2. The van der Waals surface area contributed by atoms with E-state index in [-0.39, 0.29) is 31.4 Å². The molecule has 0 aromatic heterocycles. The zero-order chi connectivity index (χ0) is 25.0. The fourth-order valence-corrected chi connectivity index (χ4v) is 4.92. The van der Waals surface area contributed by atoms with Gasteiger partial charge in [0.2, 0.25) is 21.8 Å². The SMILES string of the molecule is CCCS(=O)(=O)N[C@@H](C(=O)N[C@H](CCSC)C(=O)NCc1ccc(C(=N)N)cc1)C(C)CC.[HH]. The molecule has 0 aliphatic rings. The van der Waals surface area contributed by atoms with Gasteiger partial charge < -0.3 is 16.4 Å². The molecule has 1 unspecified atom stereocenters. The molecule has 1 aromatic rings. The molecule has 1 rings (SSSR count). The molecule has 0 saturated carbocycles. The number of thioether (sulfide) groups is 1. The molecule has 0 saturated heterocycles. The normalized spacial score (nSPS) is 14.2. The molecule has 1 aromatic carbocycles. The highest BCUT2D eigenvalue weighted by molar-refractivity contribution is 7.98. The lowest BCUT2D eigenvalue weighted by Crippen LogP contribution is -2.55. The van der Waals surface area contributed by atoms with Crippen molar-refractivity contribution < 1.29 is 19.4 Å². The Hall–Kier alpha value is -2.11. The Kier molecular flexibility index (Phi) is 12.5. The largest absolute Gasteiger partial charge is 0.384 e. The van der Waals surface area contributed by atoms with Crippen molar-refractivity contribution in [3.63, 3.8) is 0 Å². The van der Waals surface area contributed by atoms with Gasteiger partial charge in [0.25, 0.3) is 0 Å². The van der Waals surface area contributed by atoms with Crippen molar-refractivity contribution in [2.24, 2.45) is 11.7 Å². The lowest BCUT2D eigenvalue weighted by Gasteiger charge is -2.26. The maximum absolute atomic E-state index is 13.0. The predicted octanol–water partition coefficient (Wildman–Crippen LogP) is 1.81. The molecule has 33 heavy (non-hydrogen) atoms. The number of carbonyl (C=O) groups excluding carboxylic acids is 2. The minimum Gasteiger partial charge on any atom is -0.384 e. The van der Waals surface area contributed by atoms with Crippen LogP contribution in [0.2, 0.25) is 0 Å². The standard InChI is InChI=1S/C22H37N5O4S2.H2/c1-5-13-33(30,31)27-19(15(3)6-2)22(29)26-18(11-12-32-4)21(28)25-14-16-7-9-17(10-8-16)20(23)24;/h7-10,15,18-19,27H,5-6,11-14H2,1-4H3,(H3,23,24)(H,25,28)(H,26,29);1H/t15?,18-,19-;/m1./s1. The number of hydrogen-bond acceptors (Lipinski definition) is 6. The Morgan fingerprint density at radius 2 is 1.82 bits per heavy atom. The summed E-state index contributed by atoms with van der Waals surface area (Å²) in [7, 11) is -3.60. The molecule has 188 valence electrons. The van der Waals surface area contributed by atoms with Gasteiger partial charge in [-0.2, -0.15) is 11.8 Å². The average Bonchev–Trinajstić information content (AvgIpc) is 2.78. The van der Waals surface area contributed by atoms with E-state index >= 15 is 0 Å². The first-order valence-corrected chi connectivity index (χ1v) is 14.1. The van der Waals surface area contributed by atoms with E-state index in [1.165, 1.54) is 0 Å². The van der Waals surface area contributed by atoms with Crippen LogP contribution in [-0.4, -0.2) is 55.9 Å². The molecule has 11 heteroatoms. The van der Waals surface area contributed by atoms with Gasteiger partial charge in [-0.1, -0.05) is 51.5 Å². The highest BCUT2D eigenvalue weighted by atomic mass is 32.2. The van der Waals surface area contributed by atoms with E-state index in [1.807, 2.05) is 13.2 Å². The lowest BCUT2D eigenvalue weighted by molar-refractivity contribution is -0.130. The number of nitrogens with one attached hydrogen (secondary N) is 4. The van der Waals surface area contributed by atoms with E-state index in [0.717, 1.165) is 5.56 Å². The average molecular weight is 502 g/mol. The van der Waals surface area contributed by atoms with Crippen LogP contribution < -0.4 is 21.1 Å². The van der Waals surface area contributed by atoms with E-state index < -0.39 is 28.0 Å². The van der Waals surface area contributed by atoms with E-state index in [1.54, 1.807) is 49.9 Å². The van der Waals surface area contributed by atoms with E-state index in [2.05, 4.69) is 15.4 Å². The Bertz CT molecular complexity index is 897. The van der Waals surface area contributed by atoms with E-state index in [9.17, 15) is 18.0 Å². The molecular formula is C22H39N5O4S2. The van der Waals surface area contributed by atoms with Crippen LogP contribution in [0.25, 0.3) is 0 Å². The van der Waals surface area contributed by atoms with Gasteiger partial charge in [0.1, 0.15) is 17.9 Å². The molecule has 0 spiro atoms. The molecule has 0 bridgehead atoms. The smallest absolute Gasteiger partial charge is 0.242 e. The van der Waals surface area contributed by atoms with Crippen molar-refractivity contribution in [3.05, 3.63) is 35.4 Å². The Labute approximate surface area is 203 Å². The van der Waals surface area contributed by atoms with Crippen LogP contribution in [0, 0.1) is 11.3 Å². The highest BCUT2D eigenvalue weighted by Crippen LogP contribution is 2.12. The highest BCUT2D eigenvalue weighted by Gasteiger charge is 2.31. The van der Waals surface area contributed by atoms with Gasteiger partial charge in [0.05, 0.1) is 5.75 Å². The number of hydrogen-bond donors (Lipinski definition) is 5. The van der Waals surface area contributed by atoms with Crippen LogP contribution in [0.3, 0.4) is 0 Å². The quantitative estimate of drug-likeness (QED) is 0.182. The topological polar surface area (TPSA) is 154 Å². The van der Waals surface area contributed by atoms with Crippen LogP contribution in [0.15, 0.2) is 24.3 Å². The van der Waals surface area contributed by atoms with Crippen molar-refractivity contribution >= 4 is 39.4 Å². The van der Waals surface area contributed by atoms with Crippen LogP contribution in [0.5, 0.6) is 0 Å². The van der Waals surface area contributed by atoms with Crippen LogP contribution in [0.4, 0.5) is 0 Å². The van der Waals surface area contributed by atoms with Crippen molar-refractivity contribution in [2.75, 3.05) is 17.8 Å². The second kappa shape index (κ2) is 14.2. The summed E-state index contributed by atoms with van der Waals surface area (Å²) < 4.78 is 27.1. The third-order valence-electron chi connectivity index (χ3n) is 5.25. The van der Waals surface area contributed by atoms with Crippen molar-refractivity contribution in [3.8, 4) is 0 Å². The van der Waals surface area contributed by atoms with Crippen molar-refractivity contribution in [2.45, 2.75) is 58.7 Å². The summed E-state index contributed by atoms with van der Waals surface area (Å²) in [6.07, 6.45) is 3.37. The number of nitrogen functional groups attached to an aromatic ring is 1. The molecule has 0 aliphatic carbocycles. The number of amidine groups is 1. The van der Waals surface area contributed by atoms with E-state index in [0.29, 0.717) is 30.6 Å². The second-order valence-corrected chi connectivity index (χ2v) is 10.8. The van der Waals surface area contributed by atoms with Gasteiger partial charge >= 0.3 is 0 Å². The fraction of sp³-hybridized carbons (Fsp3) is 0.591. The first kappa shape index (κ1) is 28.9. The Morgan fingerprint density at radius 3 is 2.33 bits per heavy atom. The Balaban J connectivity index is 0.0000109.